The SMILES string of the molecule is CC/C=C\C/C=C\C/C=C\C/C=C\C/C=C\C/C=C\CCCCCCCCCCCCCCCCCCC(=O)OCC(O)COP(=O)(O)OCC(O)COP(=O)(O)OCC(COC(=O)CCCCCCCCCCCCCCCCC/C=C\C/C=C\C/C=C\C/C=C\C/C=C\CC)OC(=O)CCCCCCCCC/C=C\C/C=C\C/C=C\CC. The third kappa shape index (κ3) is 93.5. The minimum Gasteiger partial charge on any atom is -0.463 e. The molecule has 0 aromatic carbocycles. The lowest BCUT2D eigenvalue weighted by molar-refractivity contribution is -0.161. The Balaban J connectivity index is 4.47. The van der Waals surface area contributed by atoms with Gasteiger partial charge >= 0.3 is 33.6 Å². The van der Waals surface area contributed by atoms with Gasteiger partial charge in [0, 0.05) is 19.3 Å². The lowest BCUT2D eigenvalue weighted by atomic mass is 10.0. The number of aliphatic hydroxyl groups is 2. The van der Waals surface area contributed by atoms with Gasteiger partial charge in [0.15, 0.2) is 6.10 Å². The summed E-state index contributed by atoms with van der Waals surface area (Å²) in [7, 11) is -9.81. The van der Waals surface area contributed by atoms with Crippen LogP contribution in [-0.4, -0.2) is 95.9 Å². The molecule has 0 aliphatic carbocycles. The zero-order valence-electron chi connectivity index (χ0n) is 75.2. The van der Waals surface area contributed by atoms with E-state index < -0.39 is 91.5 Å². The van der Waals surface area contributed by atoms with E-state index in [-0.39, 0.29) is 19.3 Å². The molecule has 0 aliphatic rings. The molecule has 0 aromatic heterocycles. The molecule has 0 spiro atoms. The fraction of sp³-hybridized carbons (Fsp3) is 0.693. The van der Waals surface area contributed by atoms with Crippen molar-refractivity contribution in [1.82, 2.24) is 0 Å². The predicted molar refractivity (Wildman–Crippen MR) is 500 cm³/mol. The highest BCUT2D eigenvalue weighted by Gasteiger charge is 2.30. The van der Waals surface area contributed by atoms with Crippen LogP contribution in [0, 0.1) is 0 Å². The van der Waals surface area contributed by atoms with Crippen molar-refractivity contribution in [3.8, 4) is 0 Å². The maximum Gasteiger partial charge on any atom is 0.472 e. The molecule has 682 valence electrons. The number of carbonyl (C=O) groups excluding carboxylic acids is 3. The standard InChI is InChI=1S/C101H172O16P2/c1-4-7-10-13-16-19-22-25-28-31-33-35-37-39-41-43-45-46-47-48-50-52-53-55-57-59-61-64-66-69-72-75-78-81-84-87-99(104)111-90-96(102)91-113-118(107,108)114-92-97(103)93-115-119(109,110)116-95-98(117-101(106)89-86-83-80-77-74-71-68-63-30-27-24-21-18-15-12-9-6-3)94-112-100(105)88-85-82-79-76-73-70-67-65-62-60-58-56-54-51-49-44-42-40-38-36-34-32-29-26-23-20-17-14-11-8-5-2/h7-12,16-21,25-30,33-36,39-42,45-46,96-98,102-103H,4-6,13-15,22-24,31-32,37-38,43-44,47-95H2,1-3H3,(H,107,108)(H,109,110)/b10-7-,11-8-,12-9-,19-16-,20-17-,21-18-,28-25-,29-26-,30-27-,35-33-,36-34-,41-39-,42-40-,46-45-. The molecule has 4 N–H and O–H groups in total. The van der Waals surface area contributed by atoms with Crippen molar-refractivity contribution in [1.29, 1.82) is 0 Å². The molecule has 0 aliphatic heterocycles. The molecule has 18 heteroatoms. The minimum absolute atomic E-state index is 0.0913. The third-order valence-electron chi connectivity index (χ3n) is 19.9. The van der Waals surface area contributed by atoms with E-state index in [0.29, 0.717) is 19.3 Å². The first-order valence-electron chi connectivity index (χ1n) is 47.4. The van der Waals surface area contributed by atoms with Gasteiger partial charge in [0.05, 0.1) is 26.4 Å². The van der Waals surface area contributed by atoms with Gasteiger partial charge in [0.1, 0.15) is 25.4 Å². The Kier molecular flexibility index (Phi) is 88.2. The van der Waals surface area contributed by atoms with Crippen LogP contribution in [0.3, 0.4) is 0 Å². The first kappa shape index (κ1) is 114. The monoisotopic (exact) mass is 1700 g/mol. The normalized spacial score (nSPS) is 14.5. The van der Waals surface area contributed by atoms with Crippen LogP contribution in [0.2, 0.25) is 0 Å². The molecule has 0 rings (SSSR count). The highest BCUT2D eigenvalue weighted by atomic mass is 31.2. The Bertz CT molecular complexity index is 2840. The Morgan fingerprint density at radius 3 is 0.664 bits per heavy atom. The Morgan fingerprint density at radius 2 is 0.420 bits per heavy atom. The quantitative estimate of drug-likeness (QED) is 0.0146. The van der Waals surface area contributed by atoms with Crippen molar-refractivity contribution in [3.05, 3.63) is 170 Å². The largest absolute Gasteiger partial charge is 0.472 e. The van der Waals surface area contributed by atoms with Gasteiger partial charge in [0.2, 0.25) is 0 Å². The molecular formula is C101H172O16P2. The topological polar surface area (TPSA) is 231 Å². The summed E-state index contributed by atoms with van der Waals surface area (Å²) in [6.45, 7) is 2.38. The summed E-state index contributed by atoms with van der Waals surface area (Å²) in [5.74, 6) is -1.58. The van der Waals surface area contributed by atoms with Crippen LogP contribution in [0.4, 0.5) is 0 Å². The lowest BCUT2D eigenvalue weighted by Gasteiger charge is -2.21. The van der Waals surface area contributed by atoms with Crippen LogP contribution in [0.15, 0.2) is 170 Å². The van der Waals surface area contributed by atoms with Gasteiger partial charge in [-0.05, 0) is 148 Å². The number of hydrogen-bond acceptors (Lipinski definition) is 14. The Labute approximate surface area is 726 Å². The summed E-state index contributed by atoms with van der Waals surface area (Å²) in [6, 6.07) is 0. The van der Waals surface area contributed by atoms with E-state index in [9.17, 15) is 43.5 Å². The van der Waals surface area contributed by atoms with E-state index in [0.717, 1.165) is 173 Å². The van der Waals surface area contributed by atoms with Crippen molar-refractivity contribution in [3.63, 3.8) is 0 Å². The van der Waals surface area contributed by atoms with E-state index in [2.05, 4.69) is 191 Å². The highest BCUT2D eigenvalue weighted by Crippen LogP contribution is 2.45. The van der Waals surface area contributed by atoms with Crippen LogP contribution < -0.4 is 0 Å². The number of allylic oxidation sites excluding steroid dienone is 28. The third-order valence-corrected chi connectivity index (χ3v) is 21.8. The second-order valence-electron chi connectivity index (χ2n) is 31.4. The highest BCUT2D eigenvalue weighted by molar-refractivity contribution is 7.47. The minimum atomic E-state index is -4.94. The number of carbonyl (C=O) groups is 3. The van der Waals surface area contributed by atoms with Crippen molar-refractivity contribution in [2.75, 3.05) is 39.6 Å². The van der Waals surface area contributed by atoms with E-state index in [1.165, 1.54) is 161 Å². The maximum absolute atomic E-state index is 13.0. The van der Waals surface area contributed by atoms with Gasteiger partial charge in [-0.25, -0.2) is 9.13 Å². The Hall–Kier alpha value is -5.09. The van der Waals surface area contributed by atoms with Crippen LogP contribution in [0.1, 0.15) is 393 Å². The summed E-state index contributed by atoms with van der Waals surface area (Å²) in [6.07, 6.45) is 120. The van der Waals surface area contributed by atoms with Gasteiger partial charge in [-0.1, -0.05) is 396 Å². The van der Waals surface area contributed by atoms with Crippen molar-refractivity contribution >= 4 is 33.6 Å². The molecule has 0 heterocycles. The molecule has 0 amide bonds. The molecule has 119 heavy (non-hydrogen) atoms. The molecule has 0 bridgehead atoms. The summed E-state index contributed by atoms with van der Waals surface area (Å²) in [4.78, 5) is 59.0. The van der Waals surface area contributed by atoms with Crippen molar-refractivity contribution in [2.45, 2.75) is 411 Å². The maximum atomic E-state index is 13.0. The fourth-order valence-corrected chi connectivity index (χ4v) is 14.4. The number of phosphoric ester groups is 2. The summed E-state index contributed by atoms with van der Waals surface area (Å²) in [5, 5.41) is 20.7. The molecule has 5 unspecified atom stereocenters. The molecule has 0 saturated heterocycles. The summed E-state index contributed by atoms with van der Waals surface area (Å²) < 4.78 is 61.5. The van der Waals surface area contributed by atoms with Gasteiger partial charge in [-0.15, -0.1) is 0 Å². The number of ether oxygens (including phenoxy) is 3. The van der Waals surface area contributed by atoms with E-state index in [1.54, 1.807) is 0 Å². The number of unbranched alkanes of at least 4 members (excludes halogenated alkanes) is 38. The lowest BCUT2D eigenvalue weighted by Crippen LogP contribution is -2.30. The van der Waals surface area contributed by atoms with Gasteiger partial charge < -0.3 is 34.2 Å². The van der Waals surface area contributed by atoms with Gasteiger partial charge in [0.25, 0.3) is 0 Å². The second kappa shape index (κ2) is 92.1. The molecule has 5 atom stereocenters. The predicted octanol–water partition coefficient (Wildman–Crippen LogP) is 29.4. The molecular weight excluding hydrogens is 1530 g/mol. The van der Waals surface area contributed by atoms with Crippen LogP contribution >= 0.6 is 15.6 Å². The van der Waals surface area contributed by atoms with Crippen molar-refractivity contribution in [2.24, 2.45) is 0 Å². The average Bonchev–Trinajstić information content (AvgIpc) is 0.902. The zero-order chi connectivity index (χ0) is 86.5. The van der Waals surface area contributed by atoms with Gasteiger partial charge in [-0.2, -0.15) is 0 Å². The van der Waals surface area contributed by atoms with Crippen LogP contribution in [-0.2, 0) is 55.8 Å². The number of rotatable bonds is 89. The second-order valence-corrected chi connectivity index (χ2v) is 34.3. The molecule has 0 fully saturated rings. The number of hydrogen-bond donors (Lipinski definition) is 4. The molecule has 16 nitrogen and oxygen atoms in total. The summed E-state index contributed by atoms with van der Waals surface area (Å²) in [5.41, 5.74) is 0. The number of esters is 3. The smallest absolute Gasteiger partial charge is 0.463 e. The van der Waals surface area contributed by atoms with E-state index in [1.807, 2.05) is 0 Å². The number of phosphoric acid groups is 2. The van der Waals surface area contributed by atoms with Gasteiger partial charge in [-0.3, -0.25) is 32.5 Å². The average molecular weight is 1700 g/mol. The first-order chi connectivity index (χ1) is 58.2. The summed E-state index contributed by atoms with van der Waals surface area (Å²) >= 11 is 0. The zero-order valence-corrected chi connectivity index (χ0v) is 77.0. The van der Waals surface area contributed by atoms with Crippen LogP contribution in [0.5, 0.6) is 0 Å². The first-order valence-corrected chi connectivity index (χ1v) is 50.4. The molecule has 0 aromatic rings. The Morgan fingerprint density at radius 1 is 0.235 bits per heavy atom. The molecule has 0 saturated carbocycles. The fourth-order valence-electron chi connectivity index (χ4n) is 12.9. The van der Waals surface area contributed by atoms with Crippen molar-refractivity contribution < 1.29 is 75.8 Å². The van der Waals surface area contributed by atoms with E-state index in [4.69, 9.17) is 32.3 Å². The van der Waals surface area contributed by atoms with E-state index >= 15 is 0 Å². The van der Waals surface area contributed by atoms with Crippen LogP contribution in [0.25, 0.3) is 0 Å². The number of aliphatic hydroxyl groups excluding tert-OH is 2. The molecule has 0 radical (unpaired) electrons.